The average Bonchev–Trinajstić information content (AvgIpc) is 2.04. The molecule has 1 atom stereocenters. The number of hydrogen-bond acceptors (Lipinski definition) is 3. The molecule has 4 heteroatoms. The van der Waals surface area contributed by atoms with E-state index in [-0.39, 0.29) is 11.9 Å². The summed E-state index contributed by atoms with van der Waals surface area (Å²) in [4.78, 5) is 12.9. The first-order valence-corrected chi connectivity index (χ1v) is 4.33. The van der Waals surface area contributed by atoms with Gasteiger partial charge < -0.3 is 15.7 Å². The number of likely N-dealkylation sites (tertiary alicyclic amines) is 1. The number of piperidine rings is 1. The fourth-order valence-electron chi connectivity index (χ4n) is 1.38. The lowest BCUT2D eigenvalue weighted by atomic mass is 10.1. The van der Waals surface area contributed by atoms with E-state index >= 15 is 0 Å². The maximum Gasteiger partial charge on any atom is 0.251 e. The van der Waals surface area contributed by atoms with Crippen LogP contribution in [-0.2, 0) is 4.79 Å². The zero-order valence-corrected chi connectivity index (χ0v) is 7.36. The molecule has 1 aliphatic rings. The van der Waals surface area contributed by atoms with Crippen LogP contribution in [0.25, 0.3) is 0 Å². The Hall–Kier alpha value is -0.610. The van der Waals surface area contributed by atoms with Crippen molar-refractivity contribution in [2.24, 2.45) is 5.73 Å². The summed E-state index contributed by atoms with van der Waals surface area (Å²) in [6, 6.07) is 0.225. The second-order valence-electron chi connectivity index (χ2n) is 3.34. The van der Waals surface area contributed by atoms with Gasteiger partial charge in [0.1, 0.15) is 6.10 Å². The number of nitrogens with zero attached hydrogens (tertiary/aromatic N) is 1. The van der Waals surface area contributed by atoms with Crippen LogP contribution in [0.15, 0.2) is 0 Å². The van der Waals surface area contributed by atoms with Gasteiger partial charge in [0.15, 0.2) is 0 Å². The van der Waals surface area contributed by atoms with Crippen LogP contribution in [0.2, 0.25) is 0 Å². The highest BCUT2D eigenvalue weighted by Gasteiger charge is 2.22. The smallest absolute Gasteiger partial charge is 0.251 e. The molecule has 1 amide bonds. The molecular formula is C8H16N2O2. The van der Waals surface area contributed by atoms with E-state index in [1.807, 2.05) is 0 Å². The second-order valence-corrected chi connectivity index (χ2v) is 3.34. The summed E-state index contributed by atoms with van der Waals surface area (Å²) in [5.74, 6) is -0.179. The Morgan fingerprint density at radius 3 is 2.50 bits per heavy atom. The van der Waals surface area contributed by atoms with Crippen LogP contribution in [-0.4, -0.2) is 41.1 Å². The Balaban J connectivity index is 2.39. The van der Waals surface area contributed by atoms with Crippen LogP contribution < -0.4 is 5.73 Å². The number of aliphatic hydroxyl groups excluding tert-OH is 1. The zero-order chi connectivity index (χ0) is 9.14. The number of amides is 1. The van der Waals surface area contributed by atoms with E-state index in [0.717, 1.165) is 12.8 Å². The van der Waals surface area contributed by atoms with Crippen molar-refractivity contribution in [3.05, 3.63) is 0 Å². The molecule has 1 unspecified atom stereocenters. The lowest BCUT2D eigenvalue weighted by Crippen LogP contribution is -2.46. The average molecular weight is 172 g/mol. The number of rotatable bonds is 1. The molecule has 0 aromatic heterocycles. The van der Waals surface area contributed by atoms with Crippen LogP contribution in [0.3, 0.4) is 0 Å². The molecule has 0 spiro atoms. The predicted molar refractivity (Wildman–Crippen MR) is 45.5 cm³/mol. The Labute approximate surface area is 72.3 Å². The maximum atomic E-state index is 11.2. The lowest BCUT2D eigenvalue weighted by molar-refractivity contribution is -0.140. The van der Waals surface area contributed by atoms with Gasteiger partial charge in [0.05, 0.1) is 0 Å². The normalized spacial score (nSPS) is 22.4. The summed E-state index contributed by atoms with van der Waals surface area (Å²) in [7, 11) is 0. The summed E-state index contributed by atoms with van der Waals surface area (Å²) in [6.07, 6.45) is 0.816. The Morgan fingerprint density at radius 2 is 2.08 bits per heavy atom. The van der Waals surface area contributed by atoms with Crippen molar-refractivity contribution in [1.82, 2.24) is 4.90 Å². The van der Waals surface area contributed by atoms with Gasteiger partial charge in [-0.15, -0.1) is 0 Å². The highest BCUT2D eigenvalue weighted by Crippen LogP contribution is 2.09. The molecule has 3 N–H and O–H groups in total. The number of hydrogen-bond donors (Lipinski definition) is 2. The number of carbonyl (C=O) groups excluding carboxylic acids is 1. The van der Waals surface area contributed by atoms with Gasteiger partial charge in [-0.1, -0.05) is 0 Å². The third-order valence-corrected chi connectivity index (χ3v) is 2.21. The van der Waals surface area contributed by atoms with Crippen molar-refractivity contribution in [2.75, 3.05) is 13.1 Å². The van der Waals surface area contributed by atoms with Gasteiger partial charge in [-0.2, -0.15) is 0 Å². The van der Waals surface area contributed by atoms with E-state index in [4.69, 9.17) is 10.8 Å². The van der Waals surface area contributed by atoms with E-state index in [0.29, 0.717) is 13.1 Å². The SMILES string of the molecule is CC(O)C(=O)N1CCC(N)CC1. The fourth-order valence-corrected chi connectivity index (χ4v) is 1.38. The van der Waals surface area contributed by atoms with Gasteiger partial charge in [0.25, 0.3) is 5.91 Å². The van der Waals surface area contributed by atoms with Crippen molar-refractivity contribution in [2.45, 2.75) is 31.9 Å². The van der Waals surface area contributed by atoms with Crippen molar-refractivity contribution in [1.29, 1.82) is 0 Å². The first-order valence-electron chi connectivity index (χ1n) is 4.33. The lowest BCUT2D eigenvalue weighted by Gasteiger charge is -2.30. The van der Waals surface area contributed by atoms with E-state index in [1.54, 1.807) is 4.90 Å². The van der Waals surface area contributed by atoms with Gasteiger partial charge in [0.2, 0.25) is 0 Å². The third kappa shape index (κ3) is 2.19. The number of carbonyl (C=O) groups is 1. The highest BCUT2D eigenvalue weighted by atomic mass is 16.3. The van der Waals surface area contributed by atoms with Crippen LogP contribution in [0.4, 0.5) is 0 Å². The molecule has 1 rings (SSSR count). The van der Waals surface area contributed by atoms with Crippen LogP contribution >= 0.6 is 0 Å². The van der Waals surface area contributed by atoms with E-state index < -0.39 is 6.10 Å². The molecule has 0 aromatic rings. The van der Waals surface area contributed by atoms with Crippen molar-refractivity contribution < 1.29 is 9.90 Å². The van der Waals surface area contributed by atoms with E-state index in [9.17, 15) is 4.79 Å². The molecular weight excluding hydrogens is 156 g/mol. The summed E-state index contributed by atoms with van der Waals surface area (Å²) in [5, 5.41) is 9.02. The zero-order valence-electron chi connectivity index (χ0n) is 7.36. The molecule has 1 heterocycles. The summed E-state index contributed by atoms with van der Waals surface area (Å²) < 4.78 is 0. The van der Waals surface area contributed by atoms with Gasteiger partial charge >= 0.3 is 0 Å². The minimum Gasteiger partial charge on any atom is -0.384 e. The molecule has 0 bridgehead atoms. The number of aliphatic hydroxyl groups is 1. The second kappa shape index (κ2) is 3.87. The standard InChI is InChI=1S/C8H16N2O2/c1-6(11)8(12)10-4-2-7(9)3-5-10/h6-7,11H,2-5,9H2,1H3. The van der Waals surface area contributed by atoms with E-state index in [2.05, 4.69) is 0 Å². The van der Waals surface area contributed by atoms with Crippen molar-refractivity contribution in [3.63, 3.8) is 0 Å². The first-order chi connectivity index (χ1) is 5.61. The molecule has 0 aromatic carbocycles. The number of nitrogens with two attached hydrogens (primary N) is 1. The summed E-state index contributed by atoms with van der Waals surface area (Å²) >= 11 is 0. The Morgan fingerprint density at radius 1 is 1.58 bits per heavy atom. The largest absolute Gasteiger partial charge is 0.384 e. The monoisotopic (exact) mass is 172 g/mol. The topological polar surface area (TPSA) is 66.6 Å². The fraction of sp³-hybridized carbons (Fsp3) is 0.875. The quantitative estimate of drug-likeness (QED) is 0.550. The molecule has 0 aliphatic carbocycles. The Kier molecular flexibility index (Phi) is 3.05. The van der Waals surface area contributed by atoms with Gasteiger partial charge in [-0.25, -0.2) is 0 Å². The first kappa shape index (κ1) is 9.48. The molecule has 4 nitrogen and oxygen atoms in total. The van der Waals surface area contributed by atoms with Gasteiger partial charge in [-0.05, 0) is 19.8 Å². The van der Waals surface area contributed by atoms with Crippen LogP contribution in [0.1, 0.15) is 19.8 Å². The van der Waals surface area contributed by atoms with Crippen molar-refractivity contribution in [3.8, 4) is 0 Å². The molecule has 70 valence electrons. The minimum absolute atomic E-state index is 0.179. The highest BCUT2D eigenvalue weighted by molar-refractivity contribution is 5.80. The Bertz CT molecular complexity index is 162. The molecule has 1 fully saturated rings. The van der Waals surface area contributed by atoms with Crippen LogP contribution in [0.5, 0.6) is 0 Å². The summed E-state index contributed by atoms with van der Waals surface area (Å²) in [6.45, 7) is 2.87. The molecule has 1 aliphatic heterocycles. The predicted octanol–water partition coefficient (Wildman–Crippen LogP) is -0.683. The molecule has 0 radical (unpaired) electrons. The van der Waals surface area contributed by atoms with E-state index in [1.165, 1.54) is 6.92 Å². The van der Waals surface area contributed by atoms with Crippen LogP contribution in [0, 0.1) is 0 Å². The third-order valence-electron chi connectivity index (χ3n) is 2.21. The molecule has 12 heavy (non-hydrogen) atoms. The maximum absolute atomic E-state index is 11.2. The van der Waals surface area contributed by atoms with Gasteiger partial charge in [0, 0.05) is 19.1 Å². The minimum atomic E-state index is -0.876. The van der Waals surface area contributed by atoms with Crippen molar-refractivity contribution >= 4 is 5.91 Å². The summed E-state index contributed by atoms with van der Waals surface area (Å²) in [5.41, 5.74) is 5.67. The molecule has 0 saturated carbocycles. The molecule has 1 saturated heterocycles. The van der Waals surface area contributed by atoms with Gasteiger partial charge in [-0.3, -0.25) is 4.79 Å².